The summed E-state index contributed by atoms with van der Waals surface area (Å²) in [5.41, 5.74) is 4.98. The van der Waals surface area contributed by atoms with Gasteiger partial charge in [0.15, 0.2) is 5.84 Å². The summed E-state index contributed by atoms with van der Waals surface area (Å²) in [4.78, 5) is 12.2. The molecule has 6 heteroatoms. The van der Waals surface area contributed by atoms with Crippen LogP contribution in [0.4, 0.5) is 5.69 Å². The van der Waals surface area contributed by atoms with Gasteiger partial charge in [0.05, 0.1) is 10.7 Å². The van der Waals surface area contributed by atoms with Crippen LogP contribution in [0.25, 0.3) is 0 Å². The molecule has 0 aromatic heterocycles. The molecule has 0 bridgehead atoms. The van der Waals surface area contributed by atoms with Crippen LogP contribution in [0.1, 0.15) is 20.3 Å². The first-order chi connectivity index (χ1) is 8.45. The second kappa shape index (κ2) is 5.73. The molecular weight excluding hydrogens is 254 g/mol. The molecule has 98 valence electrons. The summed E-state index contributed by atoms with van der Waals surface area (Å²) < 4.78 is 0. The molecule has 18 heavy (non-hydrogen) atoms. The third-order valence-electron chi connectivity index (χ3n) is 3.00. The molecule has 0 aliphatic rings. The Morgan fingerprint density at radius 2 is 2.17 bits per heavy atom. The average Bonchev–Trinajstić information content (AvgIpc) is 2.39. The second-order valence-electron chi connectivity index (χ2n) is 4.10. The predicted molar refractivity (Wildman–Crippen MR) is 71.9 cm³/mol. The van der Waals surface area contributed by atoms with Crippen molar-refractivity contribution in [2.45, 2.75) is 20.3 Å². The number of hydrogen-bond acceptors (Lipinski definition) is 3. The number of hydrogen-bond donors (Lipinski definition) is 3. The zero-order chi connectivity index (χ0) is 13.8. The Morgan fingerprint density at radius 3 is 2.67 bits per heavy atom. The SMILES string of the molecule is CCC(C)(C(=O)Nc1ccccc1Cl)/C(N)=N/O. The molecule has 1 rings (SSSR count). The molecule has 4 N–H and O–H groups in total. The summed E-state index contributed by atoms with van der Waals surface area (Å²) in [7, 11) is 0. The zero-order valence-corrected chi connectivity index (χ0v) is 11.0. The smallest absolute Gasteiger partial charge is 0.238 e. The van der Waals surface area contributed by atoms with Gasteiger partial charge in [-0.2, -0.15) is 0 Å². The van der Waals surface area contributed by atoms with Crippen molar-refractivity contribution in [1.82, 2.24) is 0 Å². The van der Waals surface area contributed by atoms with Crippen LogP contribution >= 0.6 is 11.6 Å². The van der Waals surface area contributed by atoms with Crippen LogP contribution in [0, 0.1) is 5.41 Å². The highest BCUT2D eigenvalue weighted by atomic mass is 35.5. The fraction of sp³-hybridized carbons (Fsp3) is 0.333. The van der Waals surface area contributed by atoms with Crippen LogP contribution in [0.3, 0.4) is 0 Å². The number of halogens is 1. The fourth-order valence-corrected chi connectivity index (χ4v) is 1.57. The van der Waals surface area contributed by atoms with E-state index in [0.29, 0.717) is 17.1 Å². The number of rotatable bonds is 4. The topological polar surface area (TPSA) is 87.7 Å². The number of amidine groups is 1. The third-order valence-corrected chi connectivity index (χ3v) is 3.33. The maximum atomic E-state index is 12.2. The second-order valence-corrected chi connectivity index (χ2v) is 4.51. The van der Waals surface area contributed by atoms with Crippen LogP contribution in [0.2, 0.25) is 5.02 Å². The van der Waals surface area contributed by atoms with E-state index in [1.54, 1.807) is 38.1 Å². The lowest BCUT2D eigenvalue weighted by atomic mass is 9.85. The van der Waals surface area contributed by atoms with E-state index in [-0.39, 0.29) is 11.7 Å². The van der Waals surface area contributed by atoms with E-state index in [0.717, 1.165) is 0 Å². The number of anilines is 1. The average molecular weight is 270 g/mol. The molecule has 0 fully saturated rings. The Bertz CT molecular complexity index is 476. The number of benzene rings is 1. The predicted octanol–water partition coefficient (Wildman–Crippen LogP) is 2.44. The molecule has 0 saturated carbocycles. The molecule has 5 nitrogen and oxygen atoms in total. The van der Waals surface area contributed by atoms with Crippen molar-refractivity contribution >= 4 is 29.0 Å². The molecule has 0 aliphatic carbocycles. The summed E-state index contributed by atoms with van der Waals surface area (Å²) in [6, 6.07) is 6.88. The van der Waals surface area contributed by atoms with Crippen molar-refractivity contribution in [3.05, 3.63) is 29.3 Å². The monoisotopic (exact) mass is 269 g/mol. The fourth-order valence-electron chi connectivity index (χ4n) is 1.39. The van der Waals surface area contributed by atoms with Crippen molar-refractivity contribution < 1.29 is 10.0 Å². The van der Waals surface area contributed by atoms with Gasteiger partial charge in [0, 0.05) is 0 Å². The molecule has 1 aromatic rings. The Hall–Kier alpha value is -1.75. The largest absolute Gasteiger partial charge is 0.409 e. The van der Waals surface area contributed by atoms with Crippen molar-refractivity contribution in [2.75, 3.05) is 5.32 Å². The maximum absolute atomic E-state index is 12.2. The molecule has 1 aromatic carbocycles. The molecule has 0 saturated heterocycles. The first-order valence-corrected chi connectivity index (χ1v) is 5.87. The van der Waals surface area contributed by atoms with Gasteiger partial charge < -0.3 is 16.3 Å². The van der Waals surface area contributed by atoms with Gasteiger partial charge in [-0.15, -0.1) is 0 Å². The molecule has 1 atom stereocenters. The molecule has 1 amide bonds. The number of nitrogens with one attached hydrogen (secondary N) is 1. The van der Waals surface area contributed by atoms with Gasteiger partial charge in [-0.3, -0.25) is 4.79 Å². The Morgan fingerprint density at radius 1 is 1.56 bits per heavy atom. The van der Waals surface area contributed by atoms with Crippen molar-refractivity contribution in [3.63, 3.8) is 0 Å². The summed E-state index contributed by atoms with van der Waals surface area (Å²) >= 11 is 5.95. The van der Waals surface area contributed by atoms with Gasteiger partial charge in [-0.25, -0.2) is 0 Å². The van der Waals surface area contributed by atoms with Crippen LogP contribution in [-0.4, -0.2) is 17.0 Å². The van der Waals surface area contributed by atoms with Gasteiger partial charge in [0.2, 0.25) is 5.91 Å². The van der Waals surface area contributed by atoms with Gasteiger partial charge in [0.25, 0.3) is 0 Å². The summed E-state index contributed by atoms with van der Waals surface area (Å²) in [5, 5.41) is 14.8. The number of nitrogens with two attached hydrogens (primary N) is 1. The molecule has 0 spiro atoms. The molecule has 1 unspecified atom stereocenters. The van der Waals surface area contributed by atoms with Crippen molar-refractivity contribution in [1.29, 1.82) is 0 Å². The van der Waals surface area contributed by atoms with Gasteiger partial charge in [-0.05, 0) is 25.5 Å². The quantitative estimate of drug-likeness (QED) is 0.339. The lowest BCUT2D eigenvalue weighted by molar-refractivity contribution is -0.121. The summed E-state index contributed by atoms with van der Waals surface area (Å²) in [6.07, 6.45) is 0.402. The van der Waals surface area contributed by atoms with E-state index in [4.69, 9.17) is 22.5 Å². The van der Waals surface area contributed by atoms with E-state index >= 15 is 0 Å². The minimum absolute atomic E-state index is 0.130. The Balaban J connectivity index is 2.98. The normalized spacial score (nSPS) is 14.9. The molecule has 0 aliphatic heterocycles. The van der Waals surface area contributed by atoms with Crippen LogP contribution < -0.4 is 11.1 Å². The maximum Gasteiger partial charge on any atom is 0.238 e. The molecular formula is C12H16ClN3O2. The van der Waals surface area contributed by atoms with Crippen LogP contribution in [0.15, 0.2) is 29.4 Å². The van der Waals surface area contributed by atoms with Crippen molar-refractivity contribution in [2.24, 2.45) is 16.3 Å². The zero-order valence-electron chi connectivity index (χ0n) is 10.3. The number of oxime groups is 1. The number of nitrogens with zero attached hydrogens (tertiary/aromatic N) is 1. The van der Waals surface area contributed by atoms with Gasteiger partial charge in [0.1, 0.15) is 5.41 Å². The first-order valence-electron chi connectivity index (χ1n) is 5.49. The van der Waals surface area contributed by atoms with Gasteiger partial charge in [-0.1, -0.05) is 35.8 Å². The highest BCUT2D eigenvalue weighted by Crippen LogP contribution is 2.26. The van der Waals surface area contributed by atoms with Crippen molar-refractivity contribution in [3.8, 4) is 0 Å². The number of carbonyl (C=O) groups is 1. The number of carbonyl (C=O) groups excluding carboxylic acids is 1. The van der Waals surface area contributed by atoms with Crippen LogP contribution in [0.5, 0.6) is 0 Å². The van der Waals surface area contributed by atoms with E-state index < -0.39 is 5.41 Å². The number of para-hydroxylation sites is 1. The molecule has 0 heterocycles. The highest BCUT2D eigenvalue weighted by molar-refractivity contribution is 6.33. The Labute approximate surface area is 111 Å². The van der Waals surface area contributed by atoms with E-state index in [2.05, 4.69) is 10.5 Å². The van der Waals surface area contributed by atoms with E-state index in [1.165, 1.54) is 0 Å². The molecule has 0 radical (unpaired) electrons. The van der Waals surface area contributed by atoms with E-state index in [9.17, 15) is 4.79 Å². The number of amides is 1. The minimum atomic E-state index is -1.08. The Kier molecular flexibility index (Phi) is 4.55. The highest BCUT2D eigenvalue weighted by Gasteiger charge is 2.36. The third kappa shape index (κ3) is 2.73. The summed E-state index contributed by atoms with van der Waals surface area (Å²) in [6.45, 7) is 3.39. The van der Waals surface area contributed by atoms with E-state index in [1.807, 2.05) is 0 Å². The lowest BCUT2D eigenvalue weighted by Gasteiger charge is -2.25. The standard InChI is InChI=1S/C12H16ClN3O2/c1-3-12(2,10(14)16-18)11(17)15-9-7-5-4-6-8(9)13/h4-7,18H,3H2,1-2H3,(H2,14,16)(H,15,17). The first kappa shape index (κ1) is 14.3. The lowest BCUT2D eigenvalue weighted by Crippen LogP contribution is -2.44. The van der Waals surface area contributed by atoms with Crippen LogP contribution in [-0.2, 0) is 4.79 Å². The van der Waals surface area contributed by atoms with Gasteiger partial charge >= 0.3 is 0 Å². The summed E-state index contributed by atoms with van der Waals surface area (Å²) in [5.74, 6) is -0.497. The minimum Gasteiger partial charge on any atom is -0.409 e.